The van der Waals surface area contributed by atoms with Gasteiger partial charge in [-0.15, -0.1) is 0 Å². The smallest absolute Gasteiger partial charge is 0.222 e. The van der Waals surface area contributed by atoms with Crippen LogP contribution in [0.25, 0.3) is 11.6 Å². The van der Waals surface area contributed by atoms with Gasteiger partial charge in [-0.1, -0.05) is 18.2 Å². The van der Waals surface area contributed by atoms with E-state index in [0.717, 1.165) is 22.4 Å². The summed E-state index contributed by atoms with van der Waals surface area (Å²) in [7, 11) is 4.86. The molecule has 0 atom stereocenters. The molecule has 0 amide bonds. The standard InChI is InChI=1S/C21H23NO4/c1-13(2)26-21-16(15-8-6-7-9-18(15)22-21)12-17-19(24-4)10-14(23-3)11-20(17)25-5/h6-13H,1-5H3/b16-12+. The highest BCUT2D eigenvalue weighted by Crippen LogP contribution is 2.41. The molecule has 2 aromatic carbocycles. The van der Waals surface area contributed by atoms with Crippen molar-refractivity contribution in [2.45, 2.75) is 20.0 Å². The van der Waals surface area contributed by atoms with E-state index in [9.17, 15) is 0 Å². The number of hydrogen-bond donors (Lipinski definition) is 0. The summed E-state index contributed by atoms with van der Waals surface area (Å²) < 4.78 is 22.4. The number of fused-ring (bicyclic) bond motifs is 1. The lowest BCUT2D eigenvalue weighted by atomic mass is 10.0. The van der Waals surface area contributed by atoms with Crippen molar-refractivity contribution < 1.29 is 18.9 Å². The summed E-state index contributed by atoms with van der Waals surface area (Å²) in [5.74, 6) is 2.57. The lowest BCUT2D eigenvalue weighted by Crippen LogP contribution is -2.10. The van der Waals surface area contributed by atoms with Crippen molar-refractivity contribution in [1.29, 1.82) is 0 Å². The topological polar surface area (TPSA) is 49.3 Å². The molecule has 0 bridgehead atoms. The van der Waals surface area contributed by atoms with E-state index in [1.54, 1.807) is 21.3 Å². The zero-order valence-electron chi connectivity index (χ0n) is 15.7. The van der Waals surface area contributed by atoms with Crippen molar-refractivity contribution in [1.82, 2.24) is 0 Å². The van der Waals surface area contributed by atoms with Crippen LogP contribution in [0, 0.1) is 0 Å². The van der Waals surface area contributed by atoms with Gasteiger partial charge in [-0.2, -0.15) is 0 Å². The molecule has 3 rings (SSSR count). The quantitative estimate of drug-likeness (QED) is 0.780. The zero-order valence-corrected chi connectivity index (χ0v) is 15.7. The number of para-hydroxylation sites is 1. The summed E-state index contributed by atoms with van der Waals surface area (Å²) in [6.45, 7) is 3.97. The minimum atomic E-state index is 0.0196. The molecule has 0 fully saturated rings. The predicted octanol–water partition coefficient (Wildman–Crippen LogP) is 4.72. The van der Waals surface area contributed by atoms with Gasteiger partial charge in [-0.3, -0.25) is 0 Å². The molecular weight excluding hydrogens is 330 g/mol. The van der Waals surface area contributed by atoms with E-state index >= 15 is 0 Å². The van der Waals surface area contributed by atoms with Gasteiger partial charge in [0.25, 0.3) is 0 Å². The maximum atomic E-state index is 5.95. The van der Waals surface area contributed by atoms with Gasteiger partial charge in [0.15, 0.2) is 0 Å². The van der Waals surface area contributed by atoms with Gasteiger partial charge < -0.3 is 18.9 Å². The minimum Gasteiger partial charge on any atom is -0.496 e. The largest absolute Gasteiger partial charge is 0.496 e. The Bertz CT molecular complexity index is 843. The first kappa shape index (κ1) is 17.9. The van der Waals surface area contributed by atoms with Crippen molar-refractivity contribution in [3.8, 4) is 17.2 Å². The second-order valence-corrected chi connectivity index (χ2v) is 6.10. The fourth-order valence-corrected chi connectivity index (χ4v) is 2.86. The fraction of sp³-hybridized carbons (Fsp3) is 0.286. The van der Waals surface area contributed by atoms with Crippen LogP contribution in [0.3, 0.4) is 0 Å². The summed E-state index contributed by atoms with van der Waals surface area (Å²) in [4.78, 5) is 4.63. The van der Waals surface area contributed by atoms with Crippen LogP contribution in [-0.2, 0) is 4.74 Å². The second kappa shape index (κ2) is 7.52. The molecule has 0 aromatic heterocycles. The molecule has 26 heavy (non-hydrogen) atoms. The third kappa shape index (κ3) is 3.38. The molecule has 0 N–H and O–H groups in total. The van der Waals surface area contributed by atoms with E-state index in [4.69, 9.17) is 18.9 Å². The van der Waals surface area contributed by atoms with Crippen LogP contribution in [0.5, 0.6) is 17.2 Å². The van der Waals surface area contributed by atoms with E-state index in [0.29, 0.717) is 23.1 Å². The molecule has 136 valence electrons. The summed E-state index contributed by atoms with van der Waals surface area (Å²) >= 11 is 0. The van der Waals surface area contributed by atoms with Crippen LogP contribution < -0.4 is 14.2 Å². The number of ether oxygens (including phenoxy) is 4. The molecule has 0 saturated heterocycles. The van der Waals surface area contributed by atoms with Gasteiger partial charge in [-0.25, -0.2) is 4.99 Å². The molecule has 0 spiro atoms. The summed E-state index contributed by atoms with van der Waals surface area (Å²) in [6.07, 6.45) is 2.01. The lowest BCUT2D eigenvalue weighted by molar-refractivity contribution is 0.233. The molecular formula is C21H23NO4. The Morgan fingerprint density at radius 2 is 1.58 bits per heavy atom. The molecule has 0 radical (unpaired) electrons. The first-order chi connectivity index (χ1) is 12.6. The Morgan fingerprint density at radius 1 is 0.923 bits per heavy atom. The highest BCUT2D eigenvalue weighted by atomic mass is 16.5. The number of hydrogen-bond acceptors (Lipinski definition) is 5. The van der Waals surface area contributed by atoms with Crippen LogP contribution in [0.2, 0.25) is 0 Å². The van der Waals surface area contributed by atoms with Crippen LogP contribution in [0.15, 0.2) is 41.4 Å². The molecule has 2 aromatic rings. The number of benzene rings is 2. The maximum absolute atomic E-state index is 5.95. The van der Waals surface area contributed by atoms with Gasteiger partial charge in [0.1, 0.15) is 17.2 Å². The Labute approximate surface area is 153 Å². The zero-order chi connectivity index (χ0) is 18.7. The Hall–Kier alpha value is -2.95. The number of aliphatic imine (C=N–C) groups is 1. The first-order valence-electron chi connectivity index (χ1n) is 8.44. The van der Waals surface area contributed by atoms with Crippen molar-refractivity contribution in [3.05, 3.63) is 47.5 Å². The Balaban J connectivity index is 2.17. The highest BCUT2D eigenvalue weighted by Gasteiger charge is 2.24. The van der Waals surface area contributed by atoms with Gasteiger partial charge in [-0.05, 0) is 26.0 Å². The van der Waals surface area contributed by atoms with Gasteiger partial charge in [0, 0.05) is 23.3 Å². The third-order valence-electron chi connectivity index (χ3n) is 4.04. The third-order valence-corrected chi connectivity index (χ3v) is 4.04. The second-order valence-electron chi connectivity index (χ2n) is 6.10. The molecule has 1 aliphatic heterocycles. The van der Waals surface area contributed by atoms with E-state index in [1.807, 2.05) is 56.3 Å². The maximum Gasteiger partial charge on any atom is 0.222 e. The summed E-state index contributed by atoms with van der Waals surface area (Å²) in [5.41, 5.74) is 3.61. The molecule has 0 aliphatic carbocycles. The first-order valence-corrected chi connectivity index (χ1v) is 8.44. The van der Waals surface area contributed by atoms with E-state index in [-0.39, 0.29) is 6.10 Å². The van der Waals surface area contributed by atoms with Crippen LogP contribution in [0.4, 0.5) is 5.69 Å². The van der Waals surface area contributed by atoms with Gasteiger partial charge in [0.05, 0.1) is 38.7 Å². The van der Waals surface area contributed by atoms with Crippen LogP contribution in [0.1, 0.15) is 25.0 Å². The molecule has 5 nitrogen and oxygen atoms in total. The average Bonchev–Trinajstić information content (AvgIpc) is 2.98. The van der Waals surface area contributed by atoms with E-state index in [1.165, 1.54) is 0 Å². The van der Waals surface area contributed by atoms with E-state index in [2.05, 4.69) is 4.99 Å². The minimum absolute atomic E-state index is 0.0196. The van der Waals surface area contributed by atoms with Crippen molar-refractivity contribution in [2.75, 3.05) is 21.3 Å². The number of methoxy groups -OCH3 is 3. The van der Waals surface area contributed by atoms with Gasteiger partial charge in [0.2, 0.25) is 5.90 Å². The number of rotatable bonds is 5. The van der Waals surface area contributed by atoms with Crippen molar-refractivity contribution in [3.63, 3.8) is 0 Å². The lowest BCUT2D eigenvalue weighted by Gasteiger charge is -2.15. The molecule has 0 unspecified atom stereocenters. The predicted molar refractivity (Wildman–Crippen MR) is 104 cm³/mol. The van der Waals surface area contributed by atoms with Crippen molar-refractivity contribution in [2.24, 2.45) is 4.99 Å². The normalized spacial score (nSPS) is 14.2. The molecule has 1 aliphatic rings. The highest BCUT2D eigenvalue weighted by molar-refractivity contribution is 6.29. The average molecular weight is 353 g/mol. The molecule has 1 heterocycles. The Kier molecular flexibility index (Phi) is 5.16. The molecule has 0 saturated carbocycles. The SMILES string of the molecule is COc1cc(OC)c(/C=C2/C(OC(C)C)=Nc3ccccc32)c(OC)c1. The monoisotopic (exact) mass is 353 g/mol. The van der Waals surface area contributed by atoms with Crippen LogP contribution in [-0.4, -0.2) is 33.3 Å². The summed E-state index contributed by atoms with van der Waals surface area (Å²) in [6, 6.07) is 11.6. The fourth-order valence-electron chi connectivity index (χ4n) is 2.86. The molecule has 5 heteroatoms. The summed E-state index contributed by atoms with van der Waals surface area (Å²) in [5, 5.41) is 0. The number of nitrogens with zero attached hydrogens (tertiary/aromatic N) is 1. The van der Waals surface area contributed by atoms with E-state index < -0.39 is 0 Å². The van der Waals surface area contributed by atoms with Gasteiger partial charge >= 0.3 is 0 Å². The van der Waals surface area contributed by atoms with Crippen molar-refractivity contribution >= 4 is 23.2 Å². The van der Waals surface area contributed by atoms with Crippen LogP contribution >= 0.6 is 0 Å². The Morgan fingerprint density at radius 3 is 2.15 bits per heavy atom.